The molecule has 0 aromatic carbocycles. The Bertz CT molecular complexity index is 364. The molecule has 1 N–H and O–H groups in total. The number of carboxylic acid groups (broad SMARTS) is 1. The van der Waals surface area contributed by atoms with E-state index in [0.717, 1.165) is 19.3 Å². The van der Waals surface area contributed by atoms with Crippen molar-refractivity contribution in [2.75, 3.05) is 0 Å². The van der Waals surface area contributed by atoms with Crippen molar-refractivity contribution in [2.45, 2.75) is 37.5 Å². The van der Waals surface area contributed by atoms with Gasteiger partial charge in [0.25, 0.3) is 6.01 Å². The summed E-state index contributed by atoms with van der Waals surface area (Å²) in [4.78, 5) is 11.3. The molecule has 0 amide bonds. The fourth-order valence-corrected chi connectivity index (χ4v) is 2.29. The van der Waals surface area contributed by atoms with Gasteiger partial charge in [-0.1, -0.05) is 19.3 Å². The van der Waals surface area contributed by atoms with E-state index in [4.69, 9.17) is 4.42 Å². The van der Waals surface area contributed by atoms with Gasteiger partial charge in [0.05, 0.1) is 0 Å². The van der Waals surface area contributed by atoms with Crippen LogP contribution in [-0.2, 0) is 10.2 Å². The number of hydrogen-bond donors (Lipinski definition) is 1. The second-order valence-corrected chi connectivity index (χ2v) is 4.05. The molecule has 1 aliphatic rings. The van der Waals surface area contributed by atoms with Crippen LogP contribution in [0, 0.1) is 6.01 Å². The molecular weight excluding hydrogens is 199 g/mol. The van der Waals surface area contributed by atoms with Crippen LogP contribution in [-0.4, -0.2) is 11.1 Å². The first kappa shape index (κ1) is 10.2. The van der Waals surface area contributed by atoms with Gasteiger partial charge in [-0.15, -0.1) is 0 Å². The third-order valence-electron chi connectivity index (χ3n) is 3.16. The standard InChI is InChI=1S/C11H13FO3/c12-9-5-4-8(15-9)11(10(13)14)6-2-1-3-7-11/h4-5H,1-3,6-7H2,(H,13,14). The summed E-state index contributed by atoms with van der Waals surface area (Å²) >= 11 is 0. The van der Waals surface area contributed by atoms with Crippen LogP contribution in [0.15, 0.2) is 16.5 Å². The second-order valence-electron chi connectivity index (χ2n) is 4.05. The highest BCUT2D eigenvalue weighted by molar-refractivity contribution is 5.80. The van der Waals surface area contributed by atoms with Crippen molar-refractivity contribution in [1.82, 2.24) is 0 Å². The highest BCUT2D eigenvalue weighted by Gasteiger charge is 2.44. The number of carbonyl (C=O) groups is 1. The van der Waals surface area contributed by atoms with Crippen LogP contribution >= 0.6 is 0 Å². The van der Waals surface area contributed by atoms with Crippen molar-refractivity contribution in [1.29, 1.82) is 0 Å². The predicted octanol–water partition coefficient (Wildman–Crippen LogP) is 2.71. The maximum Gasteiger partial charge on any atom is 0.317 e. The molecule has 2 rings (SSSR count). The van der Waals surface area contributed by atoms with E-state index in [-0.39, 0.29) is 5.76 Å². The molecule has 1 saturated carbocycles. The number of rotatable bonds is 2. The Kier molecular flexibility index (Phi) is 2.50. The van der Waals surface area contributed by atoms with E-state index < -0.39 is 17.4 Å². The predicted molar refractivity (Wildman–Crippen MR) is 51.1 cm³/mol. The van der Waals surface area contributed by atoms with E-state index in [1.807, 2.05) is 0 Å². The van der Waals surface area contributed by atoms with Crippen molar-refractivity contribution < 1.29 is 18.7 Å². The van der Waals surface area contributed by atoms with E-state index >= 15 is 0 Å². The van der Waals surface area contributed by atoms with Gasteiger partial charge in [-0.05, 0) is 18.9 Å². The summed E-state index contributed by atoms with van der Waals surface area (Å²) in [6.45, 7) is 0. The Labute approximate surface area is 86.9 Å². The summed E-state index contributed by atoms with van der Waals surface area (Å²) in [5, 5.41) is 9.27. The van der Waals surface area contributed by atoms with Crippen molar-refractivity contribution in [3.63, 3.8) is 0 Å². The molecule has 4 heteroatoms. The first-order valence-electron chi connectivity index (χ1n) is 5.14. The minimum atomic E-state index is -0.997. The fourth-order valence-electron chi connectivity index (χ4n) is 2.29. The van der Waals surface area contributed by atoms with E-state index in [9.17, 15) is 14.3 Å². The molecule has 0 saturated heterocycles. The third kappa shape index (κ3) is 1.64. The van der Waals surface area contributed by atoms with Gasteiger partial charge < -0.3 is 9.52 Å². The Hall–Kier alpha value is -1.32. The van der Waals surface area contributed by atoms with Crippen LogP contribution in [0.2, 0.25) is 0 Å². The molecule has 82 valence electrons. The van der Waals surface area contributed by atoms with Gasteiger partial charge in [-0.3, -0.25) is 4.79 Å². The van der Waals surface area contributed by atoms with E-state index in [0.29, 0.717) is 12.8 Å². The molecule has 0 spiro atoms. The summed E-state index contributed by atoms with van der Waals surface area (Å²) in [5.74, 6) is -0.649. The van der Waals surface area contributed by atoms with Gasteiger partial charge in [-0.25, -0.2) is 0 Å². The molecule has 3 nitrogen and oxygen atoms in total. The first-order valence-corrected chi connectivity index (χ1v) is 5.14. The summed E-state index contributed by atoms with van der Waals surface area (Å²) in [5.41, 5.74) is -0.997. The number of furan rings is 1. The van der Waals surface area contributed by atoms with Crippen molar-refractivity contribution in [3.05, 3.63) is 23.9 Å². The molecule has 1 aromatic heterocycles. The SMILES string of the molecule is O=C(O)C1(c2ccc(F)o2)CCCCC1. The Morgan fingerprint density at radius 3 is 2.47 bits per heavy atom. The highest BCUT2D eigenvalue weighted by Crippen LogP contribution is 2.40. The molecule has 1 fully saturated rings. The smallest absolute Gasteiger partial charge is 0.317 e. The number of carboxylic acids is 1. The fraction of sp³-hybridized carbons (Fsp3) is 0.545. The first-order chi connectivity index (χ1) is 7.15. The highest BCUT2D eigenvalue weighted by atomic mass is 19.1. The van der Waals surface area contributed by atoms with Crippen LogP contribution in [0.5, 0.6) is 0 Å². The van der Waals surface area contributed by atoms with Gasteiger partial charge >= 0.3 is 5.97 Å². The van der Waals surface area contributed by atoms with Crippen molar-refractivity contribution in [3.8, 4) is 0 Å². The molecule has 0 radical (unpaired) electrons. The zero-order chi connectivity index (χ0) is 10.9. The summed E-state index contributed by atoms with van der Waals surface area (Å²) in [6, 6.07) is 1.90. The van der Waals surface area contributed by atoms with Crippen LogP contribution in [0.1, 0.15) is 37.9 Å². The lowest BCUT2D eigenvalue weighted by Crippen LogP contribution is -2.37. The maximum absolute atomic E-state index is 12.8. The molecule has 15 heavy (non-hydrogen) atoms. The Balaban J connectivity index is 2.37. The quantitative estimate of drug-likeness (QED) is 0.819. The topological polar surface area (TPSA) is 50.4 Å². The van der Waals surface area contributed by atoms with E-state index in [1.165, 1.54) is 12.1 Å². The summed E-state index contributed by atoms with van der Waals surface area (Å²) in [6.07, 6.45) is 3.83. The molecule has 0 unspecified atom stereocenters. The molecule has 0 atom stereocenters. The van der Waals surface area contributed by atoms with Gasteiger partial charge in [0.2, 0.25) is 0 Å². The van der Waals surface area contributed by atoms with E-state index in [1.54, 1.807) is 0 Å². The van der Waals surface area contributed by atoms with E-state index in [2.05, 4.69) is 0 Å². The number of halogens is 1. The lowest BCUT2D eigenvalue weighted by Gasteiger charge is -2.30. The van der Waals surface area contributed by atoms with Gasteiger partial charge in [0.1, 0.15) is 11.2 Å². The zero-order valence-electron chi connectivity index (χ0n) is 8.33. The van der Waals surface area contributed by atoms with Gasteiger partial charge in [0, 0.05) is 6.07 Å². The van der Waals surface area contributed by atoms with Crippen LogP contribution < -0.4 is 0 Å². The summed E-state index contributed by atoms with van der Waals surface area (Å²) < 4.78 is 17.6. The Morgan fingerprint density at radius 1 is 1.33 bits per heavy atom. The normalized spacial score (nSPS) is 20.1. The number of aliphatic carboxylic acids is 1. The zero-order valence-corrected chi connectivity index (χ0v) is 8.33. The minimum Gasteiger partial charge on any atom is -0.480 e. The molecule has 1 aromatic rings. The minimum absolute atomic E-state index is 0.257. The average Bonchev–Trinajstić information content (AvgIpc) is 2.66. The van der Waals surface area contributed by atoms with Gasteiger partial charge in [0.15, 0.2) is 0 Å². The maximum atomic E-state index is 12.8. The third-order valence-corrected chi connectivity index (χ3v) is 3.16. The van der Waals surface area contributed by atoms with Crippen LogP contribution in [0.3, 0.4) is 0 Å². The lowest BCUT2D eigenvalue weighted by atomic mass is 9.72. The van der Waals surface area contributed by atoms with Crippen LogP contribution in [0.4, 0.5) is 4.39 Å². The summed E-state index contributed by atoms with van der Waals surface area (Å²) in [7, 11) is 0. The van der Waals surface area contributed by atoms with Crippen molar-refractivity contribution >= 4 is 5.97 Å². The molecule has 0 aliphatic heterocycles. The van der Waals surface area contributed by atoms with Crippen LogP contribution in [0.25, 0.3) is 0 Å². The van der Waals surface area contributed by atoms with Gasteiger partial charge in [-0.2, -0.15) is 4.39 Å². The molecule has 1 heterocycles. The second kappa shape index (κ2) is 3.68. The van der Waals surface area contributed by atoms with Crippen molar-refractivity contribution in [2.24, 2.45) is 0 Å². The average molecular weight is 212 g/mol. The lowest BCUT2D eigenvalue weighted by molar-refractivity contribution is -0.146. The molecule has 0 bridgehead atoms. The largest absolute Gasteiger partial charge is 0.480 e. The molecule has 1 aliphatic carbocycles. The Morgan fingerprint density at radius 2 is 2.00 bits per heavy atom. The molecular formula is C11H13FO3. The number of hydrogen-bond acceptors (Lipinski definition) is 2. The monoisotopic (exact) mass is 212 g/mol.